The van der Waals surface area contributed by atoms with Gasteiger partial charge in [-0.15, -0.1) is 0 Å². The fraction of sp³-hybridized carbons (Fsp3) is 0. The molecule has 0 aliphatic carbocycles. The van der Waals surface area contributed by atoms with Gasteiger partial charge in [0.25, 0.3) is 10.0 Å². The highest BCUT2D eigenvalue weighted by atomic mass is 32.2. The van der Waals surface area contributed by atoms with Crippen LogP contribution < -0.4 is 0 Å². The number of hydrogen-bond donors (Lipinski definition) is 1. The predicted molar refractivity (Wildman–Crippen MR) is 75.4 cm³/mol. The highest BCUT2D eigenvalue weighted by Crippen LogP contribution is 2.32. The molecule has 0 amide bonds. The normalized spacial score (nSPS) is 16.1. The smallest absolute Gasteiger partial charge is 0.277 e. The molecule has 0 atom stereocenters. The highest BCUT2D eigenvalue weighted by Gasteiger charge is 2.29. The van der Waals surface area contributed by atoms with E-state index in [1.807, 2.05) is 30.3 Å². The maximum atomic E-state index is 12.3. The fourth-order valence-corrected chi connectivity index (χ4v) is 3.67. The highest BCUT2D eigenvalue weighted by molar-refractivity contribution is 7.90. The van der Waals surface area contributed by atoms with Crippen molar-refractivity contribution < 1.29 is 8.42 Å². The van der Waals surface area contributed by atoms with Crippen molar-refractivity contribution in [1.82, 2.24) is 10.2 Å². The number of hydrogen-bond acceptors (Lipinski definition) is 3. The number of H-pyrrole nitrogens is 1. The van der Waals surface area contributed by atoms with Crippen LogP contribution in [0.25, 0.3) is 10.9 Å². The van der Waals surface area contributed by atoms with Gasteiger partial charge in [0.15, 0.2) is 0 Å². The Morgan fingerprint density at radius 2 is 1.75 bits per heavy atom. The minimum atomic E-state index is -3.69. The number of benzene rings is 2. The van der Waals surface area contributed by atoms with E-state index in [4.69, 9.17) is 0 Å². The molecule has 1 aromatic heterocycles. The quantitative estimate of drug-likeness (QED) is 0.743. The summed E-state index contributed by atoms with van der Waals surface area (Å²) in [4.78, 5) is 0.207. The van der Waals surface area contributed by atoms with E-state index < -0.39 is 10.0 Å². The second kappa shape index (κ2) is 3.77. The fourth-order valence-electron chi connectivity index (χ4n) is 2.42. The first-order valence-electron chi connectivity index (χ1n) is 6.05. The number of aromatic amines is 1. The van der Waals surface area contributed by atoms with Gasteiger partial charge in [-0.25, -0.2) is 0 Å². The molecule has 0 bridgehead atoms. The van der Waals surface area contributed by atoms with Crippen molar-refractivity contribution in [2.75, 3.05) is 0 Å². The number of rotatable bonds is 1. The maximum absolute atomic E-state index is 12.3. The molecule has 2 aromatic carbocycles. The van der Waals surface area contributed by atoms with Crippen LogP contribution >= 0.6 is 0 Å². The molecule has 1 N–H and O–H groups in total. The maximum Gasteiger partial charge on any atom is 0.283 e. The van der Waals surface area contributed by atoms with E-state index in [0.29, 0.717) is 22.3 Å². The lowest BCUT2D eigenvalue weighted by Crippen LogP contribution is -2.14. The standard InChI is InChI=1S/C14H9N3O2S/c18-20(19)11-8-4-7-10-12(11)14(16-15-10)13(17-20)9-5-2-1-3-6-9/h1-8H,(H,15,16). The molecular weight excluding hydrogens is 274 g/mol. The molecule has 2 heterocycles. The zero-order valence-electron chi connectivity index (χ0n) is 10.2. The lowest BCUT2D eigenvalue weighted by molar-refractivity contribution is 0.598. The molecule has 0 saturated carbocycles. The molecular formula is C14H9N3O2S. The molecule has 0 spiro atoms. The van der Waals surface area contributed by atoms with Crippen LogP contribution in [0.3, 0.4) is 0 Å². The molecule has 3 aromatic rings. The van der Waals surface area contributed by atoms with Gasteiger partial charge < -0.3 is 0 Å². The molecule has 1 aliphatic rings. The lowest BCUT2D eigenvalue weighted by atomic mass is 10.0. The Balaban J connectivity index is 2.13. The van der Waals surface area contributed by atoms with Crippen LogP contribution in [0.4, 0.5) is 0 Å². The molecule has 0 radical (unpaired) electrons. The average molecular weight is 283 g/mol. The first-order chi connectivity index (χ1) is 9.67. The SMILES string of the molecule is O=S1(=O)N=C(c2ccccc2)c2n[nH]c3cccc1c23. The molecule has 1 aliphatic heterocycles. The van der Waals surface area contributed by atoms with Gasteiger partial charge in [-0.3, -0.25) is 5.10 Å². The van der Waals surface area contributed by atoms with E-state index in [-0.39, 0.29) is 4.90 Å². The number of sulfonamides is 1. The van der Waals surface area contributed by atoms with Crippen LogP contribution in [0.15, 0.2) is 57.8 Å². The zero-order chi connectivity index (χ0) is 13.7. The first kappa shape index (κ1) is 11.4. The molecule has 20 heavy (non-hydrogen) atoms. The van der Waals surface area contributed by atoms with Gasteiger partial charge in [0.1, 0.15) is 16.3 Å². The molecule has 0 unspecified atom stereocenters. The Kier molecular flexibility index (Phi) is 2.14. The van der Waals surface area contributed by atoms with Crippen molar-refractivity contribution in [2.24, 2.45) is 4.40 Å². The summed E-state index contributed by atoms with van der Waals surface area (Å²) >= 11 is 0. The van der Waals surface area contributed by atoms with Crippen LogP contribution in [-0.2, 0) is 10.0 Å². The average Bonchev–Trinajstić information content (AvgIpc) is 2.89. The number of aromatic nitrogens is 2. The first-order valence-corrected chi connectivity index (χ1v) is 7.49. The summed E-state index contributed by atoms with van der Waals surface area (Å²) in [6.45, 7) is 0. The zero-order valence-corrected chi connectivity index (χ0v) is 11.1. The van der Waals surface area contributed by atoms with Gasteiger partial charge in [-0.2, -0.15) is 17.9 Å². The topological polar surface area (TPSA) is 75.2 Å². The lowest BCUT2D eigenvalue weighted by Gasteiger charge is -2.12. The Bertz CT molecular complexity index is 957. The van der Waals surface area contributed by atoms with E-state index in [0.717, 1.165) is 5.56 Å². The van der Waals surface area contributed by atoms with Crippen molar-refractivity contribution in [3.05, 3.63) is 59.8 Å². The van der Waals surface area contributed by atoms with Crippen molar-refractivity contribution in [3.63, 3.8) is 0 Å². The van der Waals surface area contributed by atoms with Crippen LogP contribution in [0, 0.1) is 0 Å². The van der Waals surface area contributed by atoms with E-state index in [2.05, 4.69) is 14.6 Å². The predicted octanol–water partition coefficient (Wildman–Crippen LogP) is 2.10. The largest absolute Gasteiger partial charge is 0.283 e. The Labute approximate surface area is 115 Å². The summed E-state index contributed by atoms with van der Waals surface area (Å²) in [5.41, 5.74) is 2.40. The Morgan fingerprint density at radius 3 is 2.55 bits per heavy atom. The van der Waals surface area contributed by atoms with E-state index in [1.165, 1.54) is 0 Å². The van der Waals surface area contributed by atoms with Crippen molar-refractivity contribution >= 4 is 26.6 Å². The van der Waals surface area contributed by atoms with Gasteiger partial charge in [0.05, 0.1) is 5.52 Å². The Morgan fingerprint density at radius 1 is 0.950 bits per heavy atom. The van der Waals surface area contributed by atoms with Crippen molar-refractivity contribution in [2.45, 2.75) is 4.90 Å². The van der Waals surface area contributed by atoms with E-state index in [9.17, 15) is 8.42 Å². The third kappa shape index (κ3) is 1.45. The van der Waals surface area contributed by atoms with Gasteiger partial charge in [0, 0.05) is 10.9 Å². The molecule has 5 nitrogen and oxygen atoms in total. The van der Waals surface area contributed by atoms with Crippen LogP contribution in [0.1, 0.15) is 11.3 Å². The van der Waals surface area contributed by atoms with Crippen molar-refractivity contribution in [1.29, 1.82) is 0 Å². The Hall–Kier alpha value is -2.47. The van der Waals surface area contributed by atoms with Crippen LogP contribution in [0.5, 0.6) is 0 Å². The van der Waals surface area contributed by atoms with E-state index in [1.54, 1.807) is 18.2 Å². The summed E-state index contributed by atoms with van der Waals surface area (Å²) in [6.07, 6.45) is 0. The summed E-state index contributed by atoms with van der Waals surface area (Å²) in [5, 5.41) is 7.70. The van der Waals surface area contributed by atoms with E-state index >= 15 is 0 Å². The van der Waals surface area contributed by atoms with Crippen LogP contribution in [0.2, 0.25) is 0 Å². The third-order valence-electron chi connectivity index (χ3n) is 3.31. The minimum absolute atomic E-state index is 0.207. The van der Waals surface area contributed by atoms with Crippen LogP contribution in [-0.4, -0.2) is 24.3 Å². The molecule has 98 valence electrons. The second-order valence-electron chi connectivity index (χ2n) is 4.53. The van der Waals surface area contributed by atoms with Gasteiger partial charge in [0.2, 0.25) is 0 Å². The summed E-state index contributed by atoms with van der Waals surface area (Å²) in [6, 6.07) is 14.2. The third-order valence-corrected chi connectivity index (χ3v) is 4.63. The minimum Gasteiger partial charge on any atom is -0.277 e. The molecule has 4 rings (SSSR count). The van der Waals surface area contributed by atoms with Gasteiger partial charge in [-0.1, -0.05) is 36.4 Å². The van der Waals surface area contributed by atoms with Gasteiger partial charge >= 0.3 is 0 Å². The monoisotopic (exact) mass is 283 g/mol. The molecule has 0 saturated heterocycles. The number of nitrogens with zero attached hydrogens (tertiary/aromatic N) is 2. The number of nitrogens with one attached hydrogen (secondary N) is 1. The summed E-state index contributed by atoms with van der Waals surface area (Å²) in [7, 11) is -3.69. The second-order valence-corrected chi connectivity index (χ2v) is 6.10. The molecule has 0 fully saturated rings. The summed E-state index contributed by atoms with van der Waals surface area (Å²) in [5.74, 6) is 0. The van der Waals surface area contributed by atoms with Crippen molar-refractivity contribution in [3.8, 4) is 0 Å². The molecule has 6 heteroatoms. The summed E-state index contributed by atoms with van der Waals surface area (Å²) < 4.78 is 28.6. The van der Waals surface area contributed by atoms with Gasteiger partial charge in [-0.05, 0) is 12.1 Å².